The molecular formula is C29H30ClFN6O4. The highest BCUT2D eigenvalue weighted by atomic mass is 35.5. The van der Waals surface area contributed by atoms with Gasteiger partial charge in [0.25, 0.3) is 0 Å². The molecule has 2 aromatic heterocycles. The third-order valence-electron chi connectivity index (χ3n) is 7.43. The Morgan fingerprint density at radius 3 is 2.68 bits per heavy atom. The molecule has 2 N–H and O–H groups in total. The van der Waals surface area contributed by atoms with Gasteiger partial charge < -0.3 is 24.5 Å². The minimum Gasteiger partial charge on any atom is -0.474 e. The molecule has 10 nitrogen and oxygen atoms in total. The number of halogens is 2. The van der Waals surface area contributed by atoms with E-state index in [1.165, 1.54) is 6.07 Å². The van der Waals surface area contributed by atoms with Gasteiger partial charge in [-0.1, -0.05) is 17.7 Å². The summed E-state index contributed by atoms with van der Waals surface area (Å²) in [4.78, 5) is 27.2. The van der Waals surface area contributed by atoms with Crippen LogP contribution in [0, 0.1) is 5.82 Å². The average Bonchev–Trinajstić information content (AvgIpc) is 3.24. The van der Waals surface area contributed by atoms with E-state index in [-0.39, 0.29) is 24.4 Å². The molecule has 4 aromatic rings. The van der Waals surface area contributed by atoms with E-state index in [1.54, 1.807) is 36.5 Å². The van der Waals surface area contributed by atoms with Crippen molar-refractivity contribution in [1.82, 2.24) is 24.4 Å². The summed E-state index contributed by atoms with van der Waals surface area (Å²) in [5.41, 5.74) is 7.37. The number of likely N-dealkylation sites (tertiary alicyclic amines) is 1. The normalized spacial score (nSPS) is 17.9. The maximum Gasteiger partial charge on any atom is 0.409 e. The number of piperidine rings is 1. The van der Waals surface area contributed by atoms with Gasteiger partial charge in [-0.15, -0.1) is 0 Å². The van der Waals surface area contributed by atoms with E-state index >= 15 is 0 Å². The van der Waals surface area contributed by atoms with Crippen LogP contribution in [0.25, 0.3) is 11.0 Å². The third kappa shape index (κ3) is 6.58. The van der Waals surface area contributed by atoms with Gasteiger partial charge in [-0.2, -0.15) is 4.98 Å². The summed E-state index contributed by atoms with van der Waals surface area (Å²) >= 11 is 5.86. The number of carbonyl (C=O) groups is 1. The minimum atomic E-state index is -0.856. The lowest BCUT2D eigenvalue weighted by Crippen LogP contribution is -2.39. The second-order valence-electron chi connectivity index (χ2n) is 10.3. The molecule has 12 heteroatoms. The first-order valence-corrected chi connectivity index (χ1v) is 14.0. The number of ether oxygens (including phenoxy) is 3. The fraction of sp³-hybridized carbons (Fsp3) is 0.379. The quantitative estimate of drug-likeness (QED) is 0.307. The van der Waals surface area contributed by atoms with Gasteiger partial charge in [0.2, 0.25) is 5.88 Å². The molecule has 0 spiro atoms. The third-order valence-corrected chi connectivity index (χ3v) is 7.66. The Kier molecular flexibility index (Phi) is 8.00. The van der Waals surface area contributed by atoms with Gasteiger partial charge in [0.1, 0.15) is 29.3 Å². The second kappa shape index (κ2) is 12.0. The molecule has 0 aliphatic carbocycles. The maximum absolute atomic E-state index is 14.2. The molecule has 1 atom stereocenters. The van der Waals surface area contributed by atoms with Crippen LogP contribution in [0.5, 0.6) is 11.6 Å². The molecule has 6 rings (SSSR count). The van der Waals surface area contributed by atoms with E-state index in [1.807, 2.05) is 6.07 Å². The van der Waals surface area contributed by atoms with Crippen LogP contribution in [0.1, 0.15) is 36.5 Å². The molecule has 2 aromatic carbocycles. The fourth-order valence-corrected chi connectivity index (χ4v) is 5.38. The highest BCUT2D eigenvalue weighted by Gasteiger charge is 2.26. The maximum atomic E-state index is 14.2. The number of aromatic nitrogens is 4. The standard InChI is InChI=1S/C29H30ClFN6O4/c30-19-2-1-18(23(31)14-19)13-26-33-9-5-28(35-26)40-20-6-10-36(11-7-20)17-27-34-24-15-21(41-29(32)38)3-4-25(24)37(27)16-22-8-12-39-22/h1-5,9,14-15,20,22H,6-8,10-13,16-17H2,(H2,32,38)/t22-/m0/s1. The predicted molar refractivity (Wildman–Crippen MR) is 149 cm³/mol. The highest BCUT2D eigenvalue weighted by molar-refractivity contribution is 6.30. The van der Waals surface area contributed by atoms with Gasteiger partial charge in [0.05, 0.1) is 30.2 Å². The first kappa shape index (κ1) is 27.4. The molecule has 4 heterocycles. The highest BCUT2D eigenvalue weighted by Crippen LogP contribution is 2.27. The largest absolute Gasteiger partial charge is 0.474 e. The molecular weight excluding hydrogens is 551 g/mol. The summed E-state index contributed by atoms with van der Waals surface area (Å²) in [5, 5.41) is 0.351. The van der Waals surface area contributed by atoms with Crippen molar-refractivity contribution in [2.24, 2.45) is 5.73 Å². The first-order chi connectivity index (χ1) is 19.9. The lowest BCUT2D eigenvalue weighted by Gasteiger charge is -2.32. The topological polar surface area (TPSA) is 118 Å². The van der Waals surface area contributed by atoms with E-state index in [0.717, 1.165) is 62.4 Å². The van der Waals surface area contributed by atoms with Crippen LogP contribution in [0.4, 0.5) is 9.18 Å². The molecule has 2 fully saturated rings. The zero-order chi connectivity index (χ0) is 28.3. The Bertz CT molecular complexity index is 1550. The number of amides is 1. The van der Waals surface area contributed by atoms with Crippen LogP contribution < -0.4 is 15.2 Å². The van der Waals surface area contributed by atoms with E-state index < -0.39 is 6.09 Å². The Morgan fingerprint density at radius 1 is 1.12 bits per heavy atom. The van der Waals surface area contributed by atoms with Gasteiger partial charge in [0, 0.05) is 49.5 Å². The van der Waals surface area contributed by atoms with Crippen LogP contribution >= 0.6 is 11.6 Å². The summed E-state index contributed by atoms with van der Waals surface area (Å²) in [5.74, 6) is 1.89. The van der Waals surface area contributed by atoms with Crippen LogP contribution in [0.3, 0.4) is 0 Å². The van der Waals surface area contributed by atoms with Crippen molar-refractivity contribution < 1.29 is 23.4 Å². The molecule has 41 heavy (non-hydrogen) atoms. The Labute approximate surface area is 241 Å². The lowest BCUT2D eigenvalue weighted by atomic mass is 10.1. The number of hydrogen-bond donors (Lipinski definition) is 1. The summed E-state index contributed by atoms with van der Waals surface area (Å²) in [7, 11) is 0. The van der Waals surface area contributed by atoms with Crippen LogP contribution in [-0.2, 0) is 24.2 Å². The molecule has 2 aliphatic heterocycles. The number of primary amides is 1. The number of nitrogens with zero attached hydrogens (tertiary/aromatic N) is 5. The van der Waals surface area contributed by atoms with Crippen LogP contribution in [0.15, 0.2) is 48.7 Å². The smallest absolute Gasteiger partial charge is 0.409 e. The van der Waals surface area contributed by atoms with Crippen molar-refractivity contribution in [3.8, 4) is 11.6 Å². The monoisotopic (exact) mass is 580 g/mol. The van der Waals surface area contributed by atoms with E-state index in [9.17, 15) is 9.18 Å². The predicted octanol–water partition coefficient (Wildman–Crippen LogP) is 4.50. The SMILES string of the molecule is NC(=O)Oc1ccc2c(c1)nc(CN1CCC(Oc3ccnc(Cc4ccc(Cl)cc4F)n3)CC1)n2C[C@@H]1CCO1. The van der Waals surface area contributed by atoms with E-state index in [4.69, 9.17) is 36.5 Å². The summed E-state index contributed by atoms with van der Waals surface area (Å²) in [6, 6.07) is 11.7. The summed E-state index contributed by atoms with van der Waals surface area (Å²) in [6.07, 6.45) is 3.88. The molecule has 0 bridgehead atoms. The van der Waals surface area contributed by atoms with Crippen molar-refractivity contribution in [1.29, 1.82) is 0 Å². The van der Waals surface area contributed by atoms with E-state index in [0.29, 0.717) is 34.6 Å². The Hall–Kier alpha value is -3.80. The first-order valence-electron chi connectivity index (χ1n) is 13.6. The molecule has 2 aliphatic rings. The van der Waals surface area contributed by atoms with Gasteiger partial charge in [0.15, 0.2) is 0 Å². The number of carbonyl (C=O) groups excluding carboxylic acids is 1. The van der Waals surface area contributed by atoms with Crippen molar-refractivity contribution in [3.05, 3.63) is 76.7 Å². The van der Waals surface area contributed by atoms with Crippen molar-refractivity contribution in [3.63, 3.8) is 0 Å². The molecule has 0 radical (unpaired) electrons. The summed E-state index contributed by atoms with van der Waals surface area (Å²) < 4.78 is 33.4. The second-order valence-corrected chi connectivity index (χ2v) is 10.7. The molecule has 0 saturated carbocycles. The molecule has 1 amide bonds. The van der Waals surface area contributed by atoms with E-state index in [2.05, 4.69) is 19.4 Å². The summed E-state index contributed by atoms with van der Waals surface area (Å²) in [6.45, 7) is 3.83. The zero-order valence-electron chi connectivity index (χ0n) is 22.3. The number of nitrogens with two attached hydrogens (primary N) is 1. The Balaban J connectivity index is 1.09. The van der Waals surface area contributed by atoms with Gasteiger partial charge >= 0.3 is 6.09 Å². The Morgan fingerprint density at radius 2 is 1.95 bits per heavy atom. The zero-order valence-corrected chi connectivity index (χ0v) is 23.1. The van der Waals surface area contributed by atoms with Gasteiger partial charge in [-0.3, -0.25) is 4.90 Å². The number of imidazole rings is 1. The fourth-order valence-electron chi connectivity index (χ4n) is 5.22. The minimum absolute atomic E-state index is 0.0111. The van der Waals surface area contributed by atoms with Crippen LogP contribution in [0.2, 0.25) is 5.02 Å². The van der Waals surface area contributed by atoms with Crippen molar-refractivity contribution >= 4 is 28.7 Å². The number of benzene rings is 2. The van der Waals surface area contributed by atoms with Gasteiger partial charge in [-0.05, 0) is 49.1 Å². The van der Waals surface area contributed by atoms with Crippen LogP contribution in [-0.4, -0.2) is 62.4 Å². The molecule has 214 valence electrons. The molecule has 2 saturated heterocycles. The average molecular weight is 581 g/mol. The van der Waals surface area contributed by atoms with Crippen molar-refractivity contribution in [2.75, 3.05) is 19.7 Å². The molecule has 0 unspecified atom stereocenters. The number of hydrogen-bond acceptors (Lipinski definition) is 8. The van der Waals surface area contributed by atoms with Gasteiger partial charge in [-0.25, -0.2) is 19.2 Å². The van der Waals surface area contributed by atoms with Crippen molar-refractivity contribution in [2.45, 2.75) is 51.0 Å². The number of rotatable bonds is 9. The lowest BCUT2D eigenvalue weighted by molar-refractivity contribution is -0.0592. The number of fused-ring (bicyclic) bond motifs is 1.